The summed E-state index contributed by atoms with van der Waals surface area (Å²) < 4.78 is 5.50. The molecule has 0 bridgehead atoms. The van der Waals surface area contributed by atoms with Gasteiger partial charge in [0.05, 0.1) is 6.54 Å². The van der Waals surface area contributed by atoms with Crippen molar-refractivity contribution >= 4 is 34.9 Å². The predicted octanol–water partition coefficient (Wildman–Crippen LogP) is 2.62. The van der Waals surface area contributed by atoms with Gasteiger partial charge in [0.1, 0.15) is 5.75 Å². The summed E-state index contributed by atoms with van der Waals surface area (Å²) in [4.78, 5) is 26.7. The Bertz CT molecular complexity index is 752. The second-order valence-electron chi connectivity index (χ2n) is 5.54. The van der Waals surface area contributed by atoms with Gasteiger partial charge in [0.15, 0.2) is 6.61 Å². The molecule has 2 heterocycles. The molecule has 6 nitrogen and oxygen atoms in total. The average molecular weight is 380 g/mol. The first-order valence-electron chi connectivity index (χ1n) is 7.85. The number of benzene rings is 1. The summed E-state index contributed by atoms with van der Waals surface area (Å²) in [6.07, 6.45) is 0. The number of halogens is 1. The lowest BCUT2D eigenvalue weighted by Gasteiger charge is -2.20. The van der Waals surface area contributed by atoms with E-state index in [4.69, 9.17) is 16.3 Å². The summed E-state index contributed by atoms with van der Waals surface area (Å²) in [6, 6.07) is 8.95. The van der Waals surface area contributed by atoms with Crippen molar-refractivity contribution in [1.29, 1.82) is 0 Å². The molecule has 0 unspecified atom stereocenters. The second kappa shape index (κ2) is 8.22. The first-order valence-corrected chi connectivity index (χ1v) is 9.10. The largest absolute Gasteiger partial charge is 0.483 e. The number of nitrogens with one attached hydrogen (secondary N) is 2. The van der Waals surface area contributed by atoms with E-state index in [0.29, 0.717) is 37.0 Å². The van der Waals surface area contributed by atoms with Gasteiger partial charge in [-0.1, -0.05) is 17.7 Å². The van der Waals surface area contributed by atoms with Crippen LogP contribution < -0.4 is 15.4 Å². The number of rotatable bonds is 5. The molecule has 2 aromatic rings. The highest BCUT2D eigenvalue weighted by atomic mass is 35.5. The van der Waals surface area contributed by atoms with Crippen LogP contribution in [0.25, 0.3) is 0 Å². The highest BCUT2D eigenvalue weighted by molar-refractivity contribution is 7.09. The maximum atomic E-state index is 12.2. The average Bonchev–Trinajstić information content (AvgIpc) is 3.06. The third-order valence-corrected chi connectivity index (χ3v) is 4.87. The van der Waals surface area contributed by atoms with E-state index in [1.807, 2.05) is 17.5 Å². The van der Waals surface area contributed by atoms with Crippen LogP contribution in [0, 0.1) is 0 Å². The Morgan fingerprint density at radius 1 is 1.32 bits per heavy atom. The summed E-state index contributed by atoms with van der Waals surface area (Å²) >= 11 is 7.60. The van der Waals surface area contributed by atoms with E-state index in [1.54, 1.807) is 34.4 Å². The second-order valence-corrected chi connectivity index (χ2v) is 7.01. The van der Waals surface area contributed by atoms with Gasteiger partial charge in [-0.15, -0.1) is 11.3 Å². The quantitative estimate of drug-likeness (QED) is 0.838. The molecule has 0 radical (unpaired) electrons. The number of urea groups is 1. The Morgan fingerprint density at radius 2 is 2.20 bits per heavy atom. The Kier molecular flexibility index (Phi) is 5.78. The van der Waals surface area contributed by atoms with Crippen molar-refractivity contribution < 1.29 is 14.3 Å². The molecule has 1 aromatic carbocycles. The van der Waals surface area contributed by atoms with Crippen LogP contribution in [-0.2, 0) is 17.9 Å². The molecule has 1 aliphatic rings. The normalized spacial score (nSPS) is 13.6. The van der Waals surface area contributed by atoms with Gasteiger partial charge >= 0.3 is 6.03 Å². The molecule has 2 N–H and O–H groups in total. The van der Waals surface area contributed by atoms with Gasteiger partial charge in [-0.2, -0.15) is 0 Å². The maximum Gasteiger partial charge on any atom is 0.315 e. The fraction of sp³-hybridized carbons (Fsp3) is 0.294. The molecule has 0 saturated heterocycles. The number of carbonyl (C=O) groups excluding carboxylic acids is 2. The van der Waals surface area contributed by atoms with Crippen LogP contribution in [-0.4, -0.2) is 36.5 Å². The van der Waals surface area contributed by atoms with E-state index < -0.39 is 0 Å². The number of amides is 3. The lowest BCUT2D eigenvalue weighted by molar-refractivity contribution is -0.133. The Balaban J connectivity index is 1.48. The minimum Gasteiger partial charge on any atom is -0.483 e. The van der Waals surface area contributed by atoms with Gasteiger partial charge in [-0.05, 0) is 29.6 Å². The molecule has 0 aliphatic carbocycles. The topological polar surface area (TPSA) is 70.7 Å². The standard InChI is InChI=1S/C17H18ClN3O3S/c18-13-3-4-15-12(8-13)10-21(16(22)11-24-15)6-5-19-17(23)20-9-14-2-1-7-25-14/h1-4,7-8H,5-6,9-11H2,(H2,19,20,23). The monoisotopic (exact) mass is 379 g/mol. The third kappa shape index (κ3) is 4.87. The molecule has 0 fully saturated rings. The van der Waals surface area contributed by atoms with E-state index in [9.17, 15) is 9.59 Å². The van der Waals surface area contributed by atoms with E-state index in [0.717, 1.165) is 10.4 Å². The Hall–Kier alpha value is -2.25. The van der Waals surface area contributed by atoms with Crippen LogP contribution >= 0.6 is 22.9 Å². The summed E-state index contributed by atoms with van der Waals surface area (Å²) in [7, 11) is 0. The van der Waals surface area contributed by atoms with Crippen molar-refractivity contribution in [2.45, 2.75) is 13.1 Å². The highest BCUT2D eigenvalue weighted by Crippen LogP contribution is 2.26. The zero-order chi connectivity index (χ0) is 17.6. The van der Waals surface area contributed by atoms with Crippen LogP contribution in [0.4, 0.5) is 4.79 Å². The summed E-state index contributed by atoms with van der Waals surface area (Å²) in [5.41, 5.74) is 0.862. The fourth-order valence-corrected chi connectivity index (χ4v) is 3.33. The number of ether oxygens (including phenoxy) is 1. The number of thiophene rings is 1. The van der Waals surface area contributed by atoms with Crippen molar-refractivity contribution in [3.05, 3.63) is 51.2 Å². The number of hydrogen-bond acceptors (Lipinski definition) is 4. The third-order valence-electron chi connectivity index (χ3n) is 3.76. The van der Waals surface area contributed by atoms with Crippen molar-refractivity contribution in [2.75, 3.05) is 19.7 Å². The highest BCUT2D eigenvalue weighted by Gasteiger charge is 2.21. The SMILES string of the molecule is O=C(NCCN1Cc2cc(Cl)ccc2OCC1=O)NCc1cccs1. The van der Waals surface area contributed by atoms with Crippen LogP contribution in [0.2, 0.25) is 5.02 Å². The van der Waals surface area contributed by atoms with E-state index in [2.05, 4.69) is 10.6 Å². The van der Waals surface area contributed by atoms with Crippen molar-refractivity contribution in [2.24, 2.45) is 0 Å². The fourth-order valence-electron chi connectivity index (χ4n) is 2.49. The van der Waals surface area contributed by atoms with E-state index >= 15 is 0 Å². The minimum atomic E-state index is -0.254. The zero-order valence-electron chi connectivity index (χ0n) is 13.5. The van der Waals surface area contributed by atoms with Crippen LogP contribution in [0.1, 0.15) is 10.4 Å². The molecule has 8 heteroatoms. The molecule has 1 aromatic heterocycles. The zero-order valence-corrected chi connectivity index (χ0v) is 15.0. The van der Waals surface area contributed by atoms with Gasteiger partial charge < -0.3 is 20.3 Å². The summed E-state index contributed by atoms with van der Waals surface area (Å²) in [5.74, 6) is 0.551. The maximum absolute atomic E-state index is 12.2. The number of hydrogen-bond donors (Lipinski definition) is 2. The van der Waals surface area contributed by atoms with Gasteiger partial charge in [0.2, 0.25) is 0 Å². The molecule has 1 aliphatic heterocycles. The predicted molar refractivity (Wildman–Crippen MR) is 96.9 cm³/mol. The Morgan fingerprint density at radius 3 is 3.00 bits per heavy atom. The van der Waals surface area contributed by atoms with E-state index in [-0.39, 0.29) is 18.5 Å². The molecular formula is C17H18ClN3O3S. The van der Waals surface area contributed by atoms with Crippen LogP contribution in [0.15, 0.2) is 35.7 Å². The van der Waals surface area contributed by atoms with E-state index in [1.165, 1.54) is 0 Å². The van der Waals surface area contributed by atoms with Gasteiger partial charge in [0, 0.05) is 35.1 Å². The first-order chi connectivity index (χ1) is 12.1. The molecule has 3 rings (SSSR count). The number of carbonyl (C=O) groups is 2. The minimum absolute atomic E-state index is 0.0147. The summed E-state index contributed by atoms with van der Waals surface area (Å²) in [5, 5.41) is 8.11. The van der Waals surface area contributed by atoms with Crippen molar-refractivity contribution in [3.63, 3.8) is 0 Å². The molecule has 132 valence electrons. The van der Waals surface area contributed by atoms with Crippen molar-refractivity contribution in [3.8, 4) is 5.75 Å². The molecule has 25 heavy (non-hydrogen) atoms. The van der Waals surface area contributed by atoms with Gasteiger partial charge in [-0.3, -0.25) is 4.79 Å². The lowest BCUT2D eigenvalue weighted by atomic mass is 10.2. The lowest BCUT2D eigenvalue weighted by Crippen LogP contribution is -2.42. The first kappa shape index (κ1) is 17.6. The van der Waals surface area contributed by atoms with Gasteiger partial charge in [0.25, 0.3) is 5.91 Å². The van der Waals surface area contributed by atoms with Crippen molar-refractivity contribution in [1.82, 2.24) is 15.5 Å². The molecule has 0 spiro atoms. The molecule has 0 saturated carbocycles. The Labute approximate surface area is 154 Å². The number of nitrogens with zero attached hydrogens (tertiary/aromatic N) is 1. The van der Waals surface area contributed by atoms with Gasteiger partial charge in [-0.25, -0.2) is 4.79 Å². The van der Waals surface area contributed by atoms with Crippen LogP contribution in [0.3, 0.4) is 0 Å². The smallest absolute Gasteiger partial charge is 0.315 e. The summed E-state index contributed by atoms with van der Waals surface area (Å²) in [6.45, 7) is 1.65. The van der Waals surface area contributed by atoms with Crippen LogP contribution in [0.5, 0.6) is 5.75 Å². The number of fused-ring (bicyclic) bond motifs is 1. The molecule has 3 amide bonds. The molecule has 0 atom stereocenters. The molecular weight excluding hydrogens is 362 g/mol.